The highest BCUT2D eigenvalue weighted by molar-refractivity contribution is 7.98. The summed E-state index contributed by atoms with van der Waals surface area (Å²) in [6.45, 7) is 1.46. The summed E-state index contributed by atoms with van der Waals surface area (Å²) < 4.78 is 0. The predicted molar refractivity (Wildman–Crippen MR) is 76.8 cm³/mol. The number of carbonyl (C=O) groups excluding carboxylic acids is 2. The Hall–Kier alpha value is -0.750. The molecule has 108 valence electrons. The number of fused-ring (bicyclic) bond motifs is 1. The third kappa shape index (κ3) is 3.63. The molecule has 2 saturated heterocycles. The standard InChI is InChI=1S/C13H23N3O2S/c1-19-7-5-10(14)13(18)16-6-4-11-9(8-16)2-3-12(17)15-11/h9-11H,2-8,14H2,1H3,(H,15,17)/t9?,10-,11?/m0/s1. The van der Waals surface area contributed by atoms with Crippen LogP contribution < -0.4 is 11.1 Å². The smallest absolute Gasteiger partial charge is 0.239 e. The van der Waals surface area contributed by atoms with Gasteiger partial charge in [-0.3, -0.25) is 9.59 Å². The topological polar surface area (TPSA) is 75.4 Å². The molecule has 0 aliphatic carbocycles. The third-order valence-electron chi connectivity index (χ3n) is 4.08. The van der Waals surface area contributed by atoms with Crippen molar-refractivity contribution in [2.45, 2.75) is 37.8 Å². The number of piperidine rings is 2. The van der Waals surface area contributed by atoms with Crippen LogP contribution in [0.2, 0.25) is 0 Å². The second-order valence-corrected chi connectivity index (χ2v) is 6.42. The minimum absolute atomic E-state index is 0.0735. The van der Waals surface area contributed by atoms with Crippen molar-refractivity contribution in [3.05, 3.63) is 0 Å². The Labute approximate surface area is 118 Å². The Morgan fingerprint density at radius 2 is 2.37 bits per heavy atom. The molecule has 2 aliphatic heterocycles. The lowest BCUT2D eigenvalue weighted by molar-refractivity contribution is -0.136. The van der Waals surface area contributed by atoms with E-state index in [0.29, 0.717) is 18.9 Å². The zero-order valence-electron chi connectivity index (χ0n) is 11.4. The summed E-state index contributed by atoms with van der Waals surface area (Å²) in [4.78, 5) is 25.5. The second-order valence-electron chi connectivity index (χ2n) is 5.43. The third-order valence-corrected chi connectivity index (χ3v) is 4.73. The van der Waals surface area contributed by atoms with E-state index in [9.17, 15) is 9.59 Å². The van der Waals surface area contributed by atoms with Crippen molar-refractivity contribution in [3.8, 4) is 0 Å². The zero-order chi connectivity index (χ0) is 13.8. The summed E-state index contributed by atoms with van der Waals surface area (Å²) in [6.07, 6.45) is 5.09. The van der Waals surface area contributed by atoms with Crippen molar-refractivity contribution in [2.24, 2.45) is 11.7 Å². The molecule has 2 heterocycles. The van der Waals surface area contributed by atoms with Crippen LogP contribution in [-0.4, -0.2) is 53.9 Å². The summed E-state index contributed by atoms with van der Waals surface area (Å²) in [5.74, 6) is 1.55. The molecule has 0 aromatic heterocycles. The molecule has 3 N–H and O–H groups in total. The zero-order valence-corrected chi connectivity index (χ0v) is 12.2. The molecular formula is C13H23N3O2S. The van der Waals surface area contributed by atoms with E-state index in [4.69, 9.17) is 5.73 Å². The maximum Gasteiger partial charge on any atom is 0.239 e. The van der Waals surface area contributed by atoms with Crippen LogP contribution in [0.25, 0.3) is 0 Å². The van der Waals surface area contributed by atoms with Gasteiger partial charge in [-0.25, -0.2) is 0 Å². The number of thioether (sulfide) groups is 1. The fraction of sp³-hybridized carbons (Fsp3) is 0.846. The maximum absolute atomic E-state index is 12.2. The molecule has 2 fully saturated rings. The van der Waals surface area contributed by atoms with Gasteiger partial charge in [-0.15, -0.1) is 0 Å². The number of nitrogens with zero attached hydrogens (tertiary/aromatic N) is 1. The fourth-order valence-electron chi connectivity index (χ4n) is 2.91. The van der Waals surface area contributed by atoms with Gasteiger partial charge in [0, 0.05) is 25.6 Å². The molecule has 2 aliphatic rings. The Morgan fingerprint density at radius 3 is 3.11 bits per heavy atom. The quantitative estimate of drug-likeness (QED) is 0.773. The number of rotatable bonds is 4. The van der Waals surface area contributed by atoms with Crippen molar-refractivity contribution in [1.29, 1.82) is 0 Å². The molecular weight excluding hydrogens is 262 g/mol. The molecule has 2 unspecified atom stereocenters. The highest BCUT2D eigenvalue weighted by atomic mass is 32.2. The highest BCUT2D eigenvalue weighted by Gasteiger charge is 2.36. The van der Waals surface area contributed by atoms with Crippen LogP contribution in [0.3, 0.4) is 0 Å². The first-order valence-electron chi connectivity index (χ1n) is 6.94. The number of amides is 2. The lowest BCUT2D eigenvalue weighted by Gasteiger charge is -2.42. The van der Waals surface area contributed by atoms with E-state index in [2.05, 4.69) is 5.32 Å². The molecule has 0 spiro atoms. The molecule has 0 aromatic carbocycles. The molecule has 19 heavy (non-hydrogen) atoms. The van der Waals surface area contributed by atoms with E-state index in [1.54, 1.807) is 11.8 Å². The van der Waals surface area contributed by atoms with Crippen molar-refractivity contribution in [1.82, 2.24) is 10.2 Å². The number of likely N-dealkylation sites (tertiary alicyclic amines) is 1. The normalized spacial score (nSPS) is 28.5. The number of carbonyl (C=O) groups is 2. The molecule has 0 aromatic rings. The second kappa shape index (κ2) is 6.61. The molecule has 0 bridgehead atoms. The maximum atomic E-state index is 12.2. The number of nitrogens with one attached hydrogen (secondary N) is 1. The van der Waals surface area contributed by atoms with E-state index in [-0.39, 0.29) is 23.9 Å². The van der Waals surface area contributed by atoms with Gasteiger partial charge in [0.25, 0.3) is 0 Å². The van der Waals surface area contributed by atoms with Gasteiger partial charge in [-0.05, 0) is 37.2 Å². The Balaban J connectivity index is 1.86. The SMILES string of the molecule is CSCC[C@H](N)C(=O)N1CCC2NC(=O)CCC2C1. The van der Waals surface area contributed by atoms with Crippen LogP contribution in [0.4, 0.5) is 0 Å². The molecule has 2 rings (SSSR count). The molecule has 0 saturated carbocycles. The van der Waals surface area contributed by atoms with E-state index in [0.717, 1.165) is 31.6 Å². The van der Waals surface area contributed by atoms with Gasteiger partial charge < -0.3 is 16.0 Å². The summed E-state index contributed by atoms with van der Waals surface area (Å²) in [7, 11) is 0. The Kier molecular flexibility index (Phi) is 5.10. The average molecular weight is 285 g/mol. The largest absolute Gasteiger partial charge is 0.353 e. The van der Waals surface area contributed by atoms with Crippen LogP contribution in [0.1, 0.15) is 25.7 Å². The van der Waals surface area contributed by atoms with Crippen molar-refractivity contribution >= 4 is 23.6 Å². The molecule has 3 atom stereocenters. The van der Waals surface area contributed by atoms with Crippen molar-refractivity contribution < 1.29 is 9.59 Å². The molecule has 5 nitrogen and oxygen atoms in total. The van der Waals surface area contributed by atoms with Gasteiger partial charge in [0.2, 0.25) is 11.8 Å². The minimum Gasteiger partial charge on any atom is -0.353 e. The molecule has 6 heteroatoms. The Bertz CT molecular complexity index is 351. The van der Waals surface area contributed by atoms with Gasteiger partial charge in [0.15, 0.2) is 0 Å². The van der Waals surface area contributed by atoms with Crippen LogP contribution in [0, 0.1) is 5.92 Å². The lowest BCUT2D eigenvalue weighted by Crippen LogP contribution is -2.57. The van der Waals surface area contributed by atoms with Crippen LogP contribution in [0.5, 0.6) is 0 Å². The van der Waals surface area contributed by atoms with Crippen molar-refractivity contribution in [3.63, 3.8) is 0 Å². The number of nitrogens with two attached hydrogens (primary N) is 1. The first kappa shape index (κ1) is 14.7. The lowest BCUT2D eigenvalue weighted by atomic mass is 9.85. The summed E-state index contributed by atoms with van der Waals surface area (Å²) in [5, 5.41) is 3.03. The van der Waals surface area contributed by atoms with E-state index in [1.807, 2.05) is 11.2 Å². The summed E-state index contributed by atoms with van der Waals surface area (Å²) in [5.41, 5.74) is 5.95. The van der Waals surface area contributed by atoms with E-state index >= 15 is 0 Å². The van der Waals surface area contributed by atoms with Gasteiger partial charge in [0.1, 0.15) is 0 Å². The van der Waals surface area contributed by atoms with Crippen LogP contribution in [-0.2, 0) is 9.59 Å². The highest BCUT2D eigenvalue weighted by Crippen LogP contribution is 2.25. The van der Waals surface area contributed by atoms with Crippen LogP contribution in [0.15, 0.2) is 0 Å². The average Bonchev–Trinajstić information content (AvgIpc) is 2.43. The van der Waals surface area contributed by atoms with Gasteiger partial charge >= 0.3 is 0 Å². The monoisotopic (exact) mass is 285 g/mol. The first-order valence-corrected chi connectivity index (χ1v) is 8.34. The van der Waals surface area contributed by atoms with Gasteiger partial charge in [-0.1, -0.05) is 0 Å². The number of hydrogen-bond acceptors (Lipinski definition) is 4. The molecule has 0 radical (unpaired) electrons. The van der Waals surface area contributed by atoms with Crippen LogP contribution >= 0.6 is 11.8 Å². The van der Waals surface area contributed by atoms with E-state index < -0.39 is 0 Å². The van der Waals surface area contributed by atoms with E-state index in [1.165, 1.54) is 0 Å². The number of hydrogen-bond donors (Lipinski definition) is 2. The van der Waals surface area contributed by atoms with Gasteiger partial charge in [-0.2, -0.15) is 11.8 Å². The Morgan fingerprint density at radius 1 is 1.58 bits per heavy atom. The minimum atomic E-state index is -0.373. The van der Waals surface area contributed by atoms with Gasteiger partial charge in [0.05, 0.1) is 6.04 Å². The molecule has 2 amide bonds. The summed E-state index contributed by atoms with van der Waals surface area (Å²) in [6, 6.07) is -0.116. The van der Waals surface area contributed by atoms with Crippen molar-refractivity contribution in [2.75, 3.05) is 25.1 Å². The first-order chi connectivity index (χ1) is 9.11. The summed E-state index contributed by atoms with van der Waals surface area (Å²) >= 11 is 1.71. The fourth-order valence-corrected chi connectivity index (χ4v) is 3.40. The predicted octanol–water partition coefficient (Wildman–Crippen LogP) is 0.194.